The number of alkyl carbamates (subject to hydrolysis) is 1. The van der Waals surface area contributed by atoms with Gasteiger partial charge in [-0.25, -0.2) is 4.79 Å². The summed E-state index contributed by atoms with van der Waals surface area (Å²) in [5.74, 6) is 6.26. The van der Waals surface area contributed by atoms with Crippen LogP contribution >= 0.6 is 0 Å². The van der Waals surface area contributed by atoms with Gasteiger partial charge in [-0.05, 0) is 59.7 Å². The van der Waals surface area contributed by atoms with Crippen LogP contribution in [0.5, 0.6) is 0 Å². The molecule has 1 aliphatic heterocycles. The molecule has 0 unspecified atom stereocenters. The molecule has 0 spiro atoms. The van der Waals surface area contributed by atoms with Gasteiger partial charge >= 0.3 is 6.09 Å². The van der Waals surface area contributed by atoms with Crippen molar-refractivity contribution in [1.29, 1.82) is 0 Å². The van der Waals surface area contributed by atoms with Crippen LogP contribution < -0.4 is 10.2 Å². The summed E-state index contributed by atoms with van der Waals surface area (Å²) in [4.78, 5) is 14.7. The molecule has 3 aromatic carbocycles. The molecule has 166 valence electrons. The third-order valence-electron chi connectivity index (χ3n) is 6.46. The molecule has 0 radical (unpaired) electrons. The largest absolute Gasteiger partial charge is 0.449 e. The Kier molecular flexibility index (Phi) is 6.30. The molecule has 0 aromatic heterocycles. The minimum Gasteiger partial charge on any atom is -0.449 e. The lowest BCUT2D eigenvalue weighted by Crippen LogP contribution is -2.29. The summed E-state index contributed by atoms with van der Waals surface area (Å²) in [5, 5.41) is 2.76. The minimum atomic E-state index is -0.437. The fourth-order valence-corrected chi connectivity index (χ4v) is 4.84. The predicted molar refractivity (Wildman–Crippen MR) is 132 cm³/mol. The lowest BCUT2D eigenvalue weighted by Gasteiger charge is -2.28. The summed E-state index contributed by atoms with van der Waals surface area (Å²) in [6.45, 7) is 2.79. The van der Waals surface area contributed by atoms with Crippen LogP contribution in [0.3, 0.4) is 0 Å². The molecule has 1 aliphatic carbocycles. The molecule has 1 fully saturated rings. The Bertz CT molecular complexity index is 1160. The number of nitrogens with one attached hydrogen (secondary N) is 1. The molecule has 3 aromatic rings. The molecule has 1 amide bonds. The Hall–Kier alpha value is -3.71. The fourth-order valence-electron chi connectivity index (χ4n) is 4.84. The van der Waals surface area contributed by atoms with Gasteiger partial charge in [-0.1, -0.05) is 66.4 Å². The monoisotopic (exact) mass is 436 g/mol. The second-order valence-electron chi connectivity index (χ2n) is 8.58. The van der Waals surface area contributed by atoms with Crippen LogP contribution in [-0.2, 0) is 4.74 Å². The normalized spacial score (nSPS) is 14.6. The van der Waals surface area contributed by atoms with Crippen LogP contribution in [0.4, 0.5) is 10.5 Å². The molecular weight excluding hydrogens is 408 g/mol. The van der Waals surface area contributed by atoms with Gasteiger partial charge in [0.05, 0.1) is 6.54 Å². The second kappa shape index (κ2) is 9.83. The smallest absolute Gasteiger partial charge is 0.407 e. The lowest BCUT2D eigenvalue weighted by atomic mass is 9.98. The number of fused-ring (bicyclic) bond motifs is 3. The van der Waals surface area contributed by atoms with Gasteiger partial charge in [0.2, 0.25) is 0 Å². The number of rotatable bonds is 4. The van der Waals surface area contributed by atoms with Gasteiger partial charge in [-0.15, -0.1) is 0 Å². The number of benzene rings is 3. The minimum absolute atomic E-state index is 0.0618. The van der Waals surface area contributed by atoms with E-state index in [2.05, 4.69) is 58.5 Å². The van der Waals surface area contributed by atoms with Crippen LogP contribution in [0, 0.1) is 11.8 Å². The van der Waals surface area contributed by atoms with Crippen LogP contribution in [-0.4, -0.2) is 32.3 Å². The number of anilines is 1. The average Bonchev–Trinajstić information content (AvgIpc) is 3.20. The molecule has 1 heterocycles. The summed E-state index contributed by atoms with van der Waals surface area (Å²) in [6, 6.07) is 25.0. The second-order valence-corrected chi connectivity index (χ2v) is 8.58. The Morgan fingerprint density at radius 3 is 2.33 bits per heavy atom. The first-order valence-electron chi connectivity index (χ1n) is 11.7. The van der Waals surface area contributed by atoms with Crippen molar-refractivity contribution < 1.29 is 9.53 Å². The van der Waals surface area contributed by atoms with Gasteiger partial charge in [0.15, 0.2) is 0 Å². The molecule has 2 aliphatic rings. The molecule has 4 heteroatoms. The quantitative estimate of drug-likeness (QED) is 0.544. The van der Waals surface area contributed by atoms with Crippen molar-refractivity contribution >= 4 is 11.8 Å². The lowest BCUT2D eigenvalue weighted by molar-refractivity contribution is 0.144. The first-order chi connectivity index (χ1) is 16.3. The molecule has 5 rings (SSSR count). The van der Waals surface area contributed by atoms with Crippen molar-refractivity contribution in [2.75, 3.05) is 31.1 Å². The van der Waals surface area contributed by atoms with Crippen molar-refractivity contribution in [1.82, 2.24) is 5.32 Å². The Labute approximate surface area is 195 Å². The molecule has 0 saturated carbocycles. The zero-order valence-electron chi connectivity index (χ0n) is 18.7. The molecular formula is C29H28N2O2. The van der Waals surface area contributed by atoms with Crippen molar-refractivity contribution in [2.45, 2.75) is 25.2 Å². The molecule has 0 bridgehead atoms. The van der Waals surface area contributed by atoms with Gasteiger partial charge < -0.3 is 15.0 Å². The van der Waals surface area contributed by atoms with E-state index in [1.807, 2.05) is 36.4 Å². The number of amides is 1. The van der Waals surface area contributed by atoms with E-state index in [1.165, 1.54) is 47.2 Å². The highest BCUT2D eigenvalue weighted by Crippen LogP contribution is 2.44. The predicted octanol–water partition coefficient (Wildman–Crippen LogP) is 5.57. The Morgan fingerprint density at radius 1 is 0.909 bits per heavy atom. The maximum absolute atomic E-state index is 12.3. The summed E-state index contributed by atoms with van der Waals surface area (Å²) in [6.07, 6.45) is 3.38. The van der Waals surface area contributed by atoms with E-state index in [-0.39, 0.29) is 12.5 Å². The third kappa shape index (κ3) is 4.73. The summed E-state index contributed by atoms with van der Waals surface area (Å²) in [5.41, 5.74) is 7.05. The molecule has 33 heavy (non-hydrogen) atoms. The topological polar surface area (TPSA) is 41.6 Å². The van der Waals surface area contributed by atoms with Gasteiger partial charge in [-0.3, -0.25) is 0 Å². The van der Waals surface area contributed by atoms with E-state index in [1.54, 1.807) is 0 Å². The number of piperidine rings is 1. The molecule has 0 atom stereocenters. The van der Waals surface area contributed by atoms with Crippen molar-refractivity contribution in [3.8, 4) is 23.0 Å². The van der Waals surface area contributed by atoms with Crippen LogP contribution in [0.25, 0.3) is 11.1 Å². The highest BCUT2D eigenvalue weighted by molar-refractivity contribution is 5.79. The van der Waals surface area contributed by atoms with Gasteiger partial charge in [0, 0.05) is 30.3 Å². The highest BCUT2D eigenvalue weighted by atomic mass is 16.5. The first kappa shape index (κ1) is 21.2. The average molecular weight is 437 g/mol. The van der Waals surface area contributed by atoms with E-state index >= 15 is 0 Å². The van der Waals surface area contributed by atoms with Gasteiger partial charge in [0.1, 0.15) is 6.61 Å². The van der Waals surface area contributed by atoms with E-state index in [0.29, 0.717) is 6.61 Å². The van der Waals surface area contributed by atoms with Crippen LogP contribution in [0.1, 0.15) is 41.9 Å². The zero-order valence-corrected chi connectivity index (χ0v) is 18.7. The van der Waals surface area contributed by atoms with E-state index < -0.39 is 6.09 Å². The fraction of sp³-hybridized carbons (Fsp3) is 0.276. The zero-order chi connectivity index (χ0) is 22.5. The SMILES string of the molecule is O=C(NCC#Cc1cccc(N2CCCCC2)c1)OCC1c2ccccc2-c2ccccc21. The number of hydrogen-bond donors (Lipinski definition) is 1. The van der Waals surface area contributed by atoms with Crippen LogP contribution in [0.2, 0.25) is 0 Å². The number of hydrogen-bond acceptors (Lipinski definition) is 3. The Balaban J connectivity index is 1.15. The van der Waals surface area contributed by atoms with Gasteiger partial charge in [0.25, 0.3) is 0 Å². The van der Waals surface area contributed by atoms with E-state index in [9.17, 15) is 4.79 Å². The molecule has 1 saturated heterocycles. The van der Waals surface area contributed by atoms with Gasteiger partial charge in [-0.2, -0.15) is 0 Å². The number of carbonyl (C=O) groups is 1. The summed E-state index contributed by atoms with van der Waals surface area (Å²) in [7, 11) is 0. The van der Waals surface area contributed by atoms with E-state index in [0.717, 1.165) is 18.7 Å². The number of carbonyl (C=O) groups excluding carboxylic acids is 1. The number of nitrogens with zero attached hydrogens (tertiary/aromatic N) is 1. The van der Waals surface area contributed by atoms with Crippen molar-refractivity contribution in [3.63, 3.8) is 0 Å². The first-order valence-corrected chi connectivity index (χ1v) is 11.7. The Morgan fingerprint density at radius 2 is 1.61 bits per heavy atom. The maximum atomic E-state index is 12.3. The van der Waals surface area contributed by atoms with E-state index in [4.69, 9.17) is 4.74 Å². The molecule has 1 N–H and O–H groups in total. The number of ether oxygens (including phenoxy) is 1. The maximum Gasteiger partial charge on any atom is 0.407 e. The van der Waals surface area contributed by atoms with Crippen molar-refractivity contribution in [2.24, 2.45) is 0 Å². The molecule has 4 nitrogen and oxygen atoms in total. The standard InChI is InChI=1S/C29H28N2O2/c32-29(30-17-9-11-22-10-8-12-23(20-22)31-18-6-1-7-19-31)33-21-28-26-15-4-2-13-24(26)25-14-3-5-16-27(25)28/h2-5,8,10,12-16,20,28H,1,6-7,17-19,21H2,(H,30,32). The summed E-state index contributed by atoms with van der Waals surface area (Å²) >= 11 is 0. The van der Waals surface area contributed by atoms with Crippen molar-refractivity contribution in [3.05, 3.63) is 89.5 Å². The van der Waals surface area contributed by atoms with Crippen LogP contribution in [0.15, 0.2) is 72.8 Å². The highest BCUT2D eigenvalue weighted by Gasteiger charge is 2.28. The summed E-state index contributed by atoms with van der Waals surface area (Å²) < 4.78 is 5.57. The third-order valence-corrected chi connectivity index (χ3v) is 6.46.